The summed E-state index contributed by atoms with van der Waals surface area (Å²) in [4.78, 5) is 0. The Bertz CT molecular complexity index is 594. The Hall–Kier alpha value is -0.730. The maximum atomic E-state index is 10.6. The van der Waals surface area contributed by atoms with Gasteiger partial charge < -0.3 is 5.11 Å². The van der Waals surface area contributed by atoms with Crippen molar-refractivity contribution in [1.82, 2.24) is 0 Å². The van der Waals surface area contributed by atoms with Gasteiger partial charge in [-0.1, -0.05) is 46.9 Å². The van der Waals surface area contributed by atoms with Crippen molar-refractivity contribution in [1.29, 1.82) is 0 Å². The van der Waals surface area contributed by atoms with E-state index in [4.69, 9.17) is 34.8 Å². The van der Waals surface area contributed by atoms with Crippen LogP contribution in [0.3, 0.4) is 0 Å². The quantitative estimate of drug-likeness (QED) is 0.835. The topological polar surface area (TPSA) is 20.2 Å². The van der Waals surface area contributed by atoms with E-state index in [1.54, 1.807) is 37.3 Å². The summed E-state index contributed by atoms with van der Waals surface area (Å²) in [6.45, 7) is 1.73. The van der Waals surface area contributed by atoms with Crippen LogP contribution in [0, 0.1) is 0 Å². The molecular weight excluding hydrogens is 303 g/mol. The van der Waals surface area contributed by atoms with Gasteiger partial charge in [-0.2, -0.15) is 0 Å². The van der Waals surface area contributed by atoms with Crippen LogP contribution >= 0.6 is 34.8 Å². The smallest absolute Gasteiger partial charge is 0.0909 e. The minimum Gasteiger partial charge on any atom is -0.385 e. The molecule has 0 saturated carbocycles. The SMILES string of the molecule is CC(O)(Cc1cc(Cl)ccc1Cl)c1cccc(Cl)c1. The van der Waals surface area contributed by atoms with Gasteiger partial charge in [0, 0.05) is 21.5 Å². The fourth-order valence-electron chi connectivity index (χ4n) is 1.98. The summed E-state index contributed by atoms with van der Waals surface area (Å²) in [7, 11) is 0. The number of benzene rings is 2. The molecule has 0 saturated heterocycles. The Balaban J connectivity index is 2.33. The van der Waals surface area contributed by atoms with Gasteiger partial charge in [-0.15, -0.1) is 0 Å². The van der Waals surface area contributed by atoms with Crippen molar-refractivity contribution in [3.05, 3.63) is 68.7 Å². The zero-order chi connectivity index (χ0) is 14.0. The van der Waals surface area contributed by atoms with Crippen LogP contribution in [-0.2, 0) is 12.0 Å². The standard InChI is InChI=1S/C15H13Cl3O/c1-15(19,11-3-2-4-12(16)8-11)9-10-7-13(17)5-6-14(10)18/h2-8,19H,9H2,1H3. The number of halogens is 3. The van der Waals surface area contributed by atoms with Gasteiger partial charge in [0.1, 0.15) is 0 Å². The van der Waals surface area contributed by atoms with Crippen molar-refractivity contribution < 1.29 is 5.11 Å². The van der Waals surface area contributed by atoms with E-state index in [0.29, 0.717) is 21.5 Å². The van der Waals surface area contributed by atoms with Gasteiger partial charge in [0.25, 0.3) is 0 Å². The summed E-state index contributed by atoms with van der Waals surface area (Å²) < 4.78 is 0. The van der Waals surface area contributed by atoms with Crippen LogP contribution < -0.4 is 0 Å². The van der Waals surface area contributed by atoms with Gasteiger partial charge in [-0.25, -0.2) is 0 Å². The van der Waals surface area contributed by atoms with E-state index in [2.05, 4.69) is 0 Å². The molecule has 2 aromatic rings. The lowest BCUT2D eigenvalue weighted by Crippen LogP contribution is -2.24. The molecule has 4 heteroatoms. The molecule has 0 aliphatic carbocycles. The maximum Gasteiger partial charge on any atom is 0.0909 e. The lowest BCUT2D eigenvalue weighted by Gasteiger charge is -2.25. The lowest BCUT2D eigenvalue weighted by molar-refractivity contribution is 0.0576. The summed E-state index contributed by atoms with van der Waals surface area (Å²) >= 11 is 18.0. The molecule has 0 bridgehead atoms. The van der Waals surface area contributed by atoms with Gasteiger partial charge >= 0.3 is 0 Å². The van der Waals surface area contributed by atoms with E-state index in [-0.39, 0.29) is 0 Å². The van der Waals surface area contributed by atoms with E-state index in [1.165, 1.54) is 0 Å². The predicted octanol–water partition coefficient (Wildman–Crippen LogP) is 5.10. The first kappa shape index (κ1) is 14.7. The third-order valence-electron chi connectivity index (χ3n) is 2.99. The Morgan fingerprint density at radius 2 is 1.68 bits per heavy atom. The van der Waals surface area contributed by atoms with Crippen molar-refractivity contribution in [2.45, 2.75) is 18.9 Å². The predicted molar refractivity (Wildman–Crippen MR) is 81.2 cm³/mol. The summed E-state index contributed by atoms with van der Waals surface area (Å²) in [5, 5.41) is 12.4. The molecular formula is C15H13Cl3O. The Labute approximate surface area is 127 Å². The average Bonchev–Trinajstić information content (AvgIpc) is 2.33. The summed E-state index contributed by atoms with van der Waals surface area (Å²) in [6.07, 6.45) is 0.368. The van der Waals surface area contributed by atoms with E-state index < -0.39 is 5.60 Å². The van der Waals surface area contributed by atoms with Crippen LogP contribution in [0.15, 0.2) is 42.5 Å². The molecule has 1 atom stereocenters. The van der Waals surface area contributed by atoms with Crippen LogP contribution in [-0.4, -0.2) is 5.11 Å². The van der Waals surface area contributed by atoms with Gasteiger partial charge in [-0.3, -0.25) is 0 Å². The molecule has 0 aromatic heterocycles. The molecule has 0 amide bonds. The second kappa shape index (κ2) is 5.72. The third-order valence-corrected chi connectivity index (χ3v) is 3.83. The molecule has 2 aromatic carbocycles. The first-order valence-electron chi connectivity index (χ1n) is 5.81. The van der Waals surface area contributed by atoms with Crippen molar-refractivity contribution in [2.75, 3.05) is 0 Å². The van der Waals surface area contributed by atoms with E-state index in [9.17, 15) is 5.11 Å². The molecule has 1 unspecified atom stereocenters. The normalized spacial score (nSPS) is 14.2. The van der Waals surface area contributed by atoms with Gasteiger partial charge in [0.15, 0.2) is 0 Å². The lowest BCUT2D eigenvalue weighted by atomic mass is 9.89. The molecule has 0 spiro atoms. The summed E-state index contributed by atoms with van der Waals surface area (Å²) in [6, 6.07) is 12.4. The second-order valence-electron chi connectivity index (χ2n) is 4.70. The molecule has 0 radical (unpaired) electrons. The van der Waals surface area contributed by atoms with E-state index in [1.807, 2.05) is 12.1 Å². The fourth-order valence-corrected chi connectivity index (χ4v) is 2.54. The fraction of sp³-hybridized carbons (Fsp3) is 0.200. The minimum absolute atomic E-state index is 0.368. The Morgan fingerprint density at radius 3 is 2.37 bits per heavy atom. The van der Waals surface area contributed by atoms with Crippen LogP contribution in [0.1, 0.15) is 18.1 Å². The number of hydrogen-bond donors (Lipinski definition) is 1. The molecule has 2 rings (SSSR count). The van der Waals surface area contributed by atoms with Crippen LogP contribution in [0.5, 0.6) is 0 Å². The molecule has 1 N–H and O–H groups in total. The highest BCUT2D eigenvalue weighted by Gasteiger charge is 2.25. The largest absolute Gasteiger partial charge is 0.385 e. The van der Waals surface area contributed by atoms with Gasteiger partial charge in [0.05, 0.1) is 5.60 Å². The molecule has 0 aliphatic rings. The monoisotopic (exact) mass is 314 g/mol. The first-order valence-corrected chi connectivity index (χ1v) is 6.94. The zero-order valence-electron chi connectivity index (χ0n) is 10.3. The molecule has 0 heterocycles. The third kappa shape index (κ3) is 3.64. The van der Waals surface area contributed by atoms with Crippen LogP contribution in [0.25, 0.3) is 0 Å². The van der Waals surface area contributed by atoms with Crippen molar-refractivity contribution in [3.63, 3.8) is 0 Å². The average molecular weight is 316 g/mol. The zero-order valence-corrected chi connectivity index (χ0v) is 12.6. The summed E-state index contributed by atoms with van der Waals surface area (Å²) in [5.74, 6) is 0. The second-order valence-corrected chi connectivity index (χ2v) is 5.98. The van der Waals surface area contributed by atoms with Gasteiger partial charge in [0.2, 0.25) is 0 Å². The number of hydrogen-bond acceptors (Lipinski definition) is 1. The molecule has 1 nitrogen and oxygen atoms in total. The van der Waals surface area contributed by atoms with E-state index in [0.717, 1.165) is 11.1 Å². The number of aliphatic hydroxyl groups is 1. The van der Waals surface area contributed by atoms with Crippen molar-refractivity contribution in [3.8, 4) is 0 Å². The summed E-state index contributed by atoms with van der Waals surface area (Å²) in [5.41, 5.74) is 0.495. The first-order chi connectivity index (χ1) is 8.88. The van der Waals surface area contributed by atoms with Crippen molar-refractivity contribution in [2.24, 2.45) is 0 Å². The van der Waals surface area contributed by atoms with Crippen LogP contribution in [0.2, 0.25) is 15.1 Å². The number of rotatable bonds is 3. The molecule has 0 fully saturated rings. The van der Waals surface area contributed by atoms with E-state index >= 15 is 0 Å². The van der Waals surface area contributed by atoms with Crippen LogP contribution in [0.4, 0.5) is 0 Å². The van der Waals surface area contributed by atoms with Crippen molar-refractivity contribution >= 4 is 34.8 Å². The molecule has 19 heavy (non-hydrogen) atoms. The highest BCUT2D eigenvalue weighted by atomic mass is 35.5. The highest BCUT2D eigenvalue weighted by Crippen LogP contribution is 2.31. The maximum absolute atomic E-state index is 10.6. The highest BCUT2D eigenvalue weighted by molar-refractivity contribution is 6.33. The minimum atomic E-state index is -1.06. The Morgan fingerprint density at radius 1 is 1.00 bits per heavy atom. The Kier molecular flexibility index (Phi) is 4.42. The molecule has 100 valence electrons. The van der Waals surface area contributed by atoms with Gasteiger partial charge in [-0.05, 0) is 48.4 Å². The molecule has 0 aliphatic heterocycles.